The molecule has 3 N–H and O–H groups in total. The Kier molecular flexibility index (Phi) is 5.62. The molecule has 0 aromatic carbocycles. The van der Waals surface area contributed by atoms with Gasteiger partial charge in [-0.05, 0) is 55.4 Å². The third-order valence-electron chi connectivity index (χ3n) is 8.18. The maximum absolute atomic E-state index is 12.3. The molecule has 4 aliphatic rings. The summed E-state index contributed by atoms with van der Waals surface area (Å²) in [6.45, 7) is 9.43. The van der Waals surface area contributed by atoms with Crippen molar-refractivity contribution in [3.05, 3.63) is 23.8 Å². The highest BCUT2D eigenvalue weighted by Gasteiger charge is 2.61. The summed E-state index contributed by atoms with van der Waals surface area (Å²) in [6.07, 6.45) is 5.17. The van der Waals surface area contributed by atoms with Crippen LogP contribution in [-0.2, 0) is 23.8 Å². The van der Waals surface area contributed by atoms with Crippen molar-refractivity contribution in [1.82, 2.24) is 5.32 Å². The Hall–Kier alpha value is -2.35. The Morgan fingerprint density at radius 1 is 1.29 bits per heavy atom. The molecule has 2 aliphatic heterocycles. The van der Waals surface area contributed by atoms with Crippen LogP contribution in [0.1, 0.15) is 46.0 Å². The fourth-order valence-corrected chi connectivity index (χ4v) is 6.60. The summed E-state index contributed by atoms with van der Waals surface area (Å²) in [6, 6.07) is -0.342. The van der Waals surface area contributed by atoms with E-state index in [1.807, 2.05) is 0 Å². The summed E-state index contributed by atoms with van der Waals surface area (Å²) >= 11 is 0. The number of hydrogen-bond acceptors (Lipinski definition) is 7. The minimum Gasteiger partial charge on any atom is -0.458 e. The summed E-state index contributed by atoms with van der Waals surface area (Å²) in [4.78, 5) is 35.4. The number of carbonyl (C=O) groups excluding carboxylic acids is 3. The zero-order valence-electron chi connectivity index (χ0n) is 18.3. The highest BCUT2D eigenvalue weighted by molar-refractivity contribution is 5.92. The number of cyclic esters (lactones) is 2. The molecular formula is C23H32N2O6. The van der Waals surface area contributed by atoms with E-state index in [4.69, 9.17) is 19.9 Å². The van der Waals surface area contributed by atoms with Gasteiger partial charge in [-0.3, -0.25) is 4.79 Å². The van der Waals surface area contributed by atoms with Crippen LogP contribution in [0.25, 0.3) is 0 Å². The van der Waals surface area contributed by atoms with E-state index in [9.17, 15) is 14.4 Å². The topological polar surface area (TPSA) is 117 Å². The second kappa shape index (κ2) is 7.97. The highest BCUT2D eigenvalue weighted by atomic mass is 16.7. The van der Waals surface area contributed by atoms with Crippen molar-refractivity contribution in [2.75, 3.05) is 19.8 Å². The molecule has 0 bridgehead atoms. The van der Waals surface area contributed by atoms with Gasteiger partial charge < -0.3 is 25.3 Å². The van der Waals surface area contributed by atoms with Crippen LogP contribution in [0.5, 0.6) is 0 Å². The van der Waals surface area contributed by atoms with Gasteiger partial charge in [-0.15, -0.1) is 0 Å². The molecule has 2 aliphatic carbocycles. The van der Waals surface area contributed by atoms with Crippen molar-refractivity contribution in [2.24, 2.45) is 28.4 Å². The van der Waals surface area contributed by atoms with E-state index in [1.54, 1.807) is 6.08 Å². The number of nitrogens with one attached hydrogen (secondary N) is 1. The number of fused-ring (bicyclic) bond motifs is 3. The van der Waals surface area contributed by atoms with E-state index in [2.05, 4.69) is 25.7 Å². The van der Waals surface area contributed by atoms with Gasteiger partial charge in [0.15, 0.2) is 0 Å². The average molecular weight is 433 g/mol. The van der Waals surface area contributed by atoms with E-state index in [1.165, 1.54) is 0 Å². The second-order valence-corrected chi connectivity index (χ2v) is 9.89. The van der Waals surface area contributed by atoms with E-state index >= 15 is 0 Å². The van der Waals surface area contributed by atoms with Gasteiger partial charge in [0.1, 0.15) is 19.3 Å². The van der Waals surface area contributed by atoms with Crippen LogP contribution in [-0.4, -0.2) is 49.9 Å². The van der Waals surface area contributed by atoms with Crippen molar-refractivity contribution in [3.63, 3.8) is 0 Å². The lowest BCUT2D eigenvalue weighted by atomic mass is 9.45. The molecule has 8 nitrogen and oxygen atoms in total. The number of hydrogen-bond donors (Lipinski definition) is 2. The molecule has 2 heterocycles. The van der Waals surface area contributed by atoms with E-state index in [-0.39, 0.29) is 53.9 Å². The molecule has 4 rings (SSSR count). The predicted molar refractivity (Wildman–Crippen MR) is 112 cm³/mol. The van der Waals surface area contributed by atoms with Crippen LogP contribution in [0.3, 0.4) is 0 Å². The standard InChI is InChI=1S/C23H32N2O6/c1-13-4-5-17-22(2,8-6-18-23(17,3)12-30-21(28)31-18)15(13)10-16(25-11-19(24)26)14-7-9-29-20(14)27/h7,15-18,25H,1,4-6,8-12H2,2-3H3,(H2,24,26)/t15?,16?,17?,18-,22+,23+/m1/s1. The zero-order chi connectivity index (χ0) is 22.4. The van der Waals surface area contributed by atoms with E-state index in [0.717, 1.165) is 31.3 Å². The molecule has 2 saturated carbocycles. The van der Waals surface area contributed by atoms with E-state index < -0.39 is 12.1 Å². The molecule has 0 aromatic heterocycles. The largest absolute Gasteiger partial charge is 0.508 e. The normalized spacial score (nSPS) is 38.2. The Labute approximate surface area is 182 Å². The zero-order valence-corrected chi connectivity index (χ0v) is 18.3. The molecule has 0 aromatic rings. The maximum atomic E-state index is 12.3. The summed E-state index contributed by atoms with van der Waals surface area (Å²) in [5.74, 6) is -0.420. The first-order valence-electron chi connectivity index (χ1n) is 11.0. The van der Waals surface area contributed by atoms with E-state index in [0.29, 0.717) is 18.6 Å². The molecular weight excluding hydrogens is 400 g/mol. The van der Waals surface area contributed by atoms with Crippen LogP contribution >= 0.6 is 0 Å². The summed E-state index contributed by atoms with van der Waals surface area (Å²) < 4.78 is 16.0. The van der Waals surface area contributed by atoms with Crippen molar-refractivity contribution in [1.29, 1.82) is 0 Å². The van der Waals surface area contributed by atoms with Gasteiger partial charge in [0.2, 0.25) is 5.91 Å². The van der Waals surface area contributed by atoms with Crippen molar-refractivity contribution < 1.29 is 28.6 Å². The maximum Gasteiger partial charge on any atom is 0.508 e. The number of carbonyl (C=O) groups is 3. The lowest BCUT2D eigenvalue weighted by Gasteiger charge is -2.61. The van der Waals surface area contributed by atoms with Gasteiger partial charge in [-0.2, -0.15) is 0 Å². The lowest BCUT2D eigenvalue weighted by molar-refractivity contribution is -0.193. The molecule has 170 valence electrons. The van der Waals surface area contributed by atoms with Crippen molar-refractivity contribution in [3.8, 4) is 0 Å². The Morgan fingerprint density at radius 3 is 2.74 bits per heavy atom. The number of esters is 1. The summed E-state index contributed by atoms with van der Waals surface area (Å²) in [5.41, 5.74) is 6.71. The van der Waals surface area contributed by atoms with Crippen LogP contribution in [0, 0.1) is 22.7 Å². The molecule has 1 saturated heterocycles. The van der Waals surface area contributed by atoms with Gasteiger partial charge in [0.05, 0.1) is 12.1 Å². The number of ether oxygens (including phenoxy) is 3. The predicted octanol–water partition coefficient (Wildman–Crippen LogP) is 2.23. The second-order valence-electron chi connectivity index (χ2n) is 9.89. The van der Waals surface area contributed by atoms with Crippen LogP contribution in [0.2, 0.25) is 0 Å². The van der Waals surface area contributed by atoms with Gasteiger partial charge in [-0.25, -0.2) is 9.59 Å². The fraction of sp³-hybridized carbons (Fsp3) is 0.696. The van der Waals surface area contributed by atoms with Crippen LogP contribution < -0.4 is 11.1 Å². The molecule has 3 unspecified atom stereocenters. The summed E-state index contributed by atoms with van der Waals surface area (Å²) in [7, 11) is 0. The van der Waals surface area contributed by atoms with Gasteiger partial charge in [0.25, 0.3) is 0 Å². The first kappa shape index (κ1) is 21.9. The monoisotopic (exact) mass is 432 g/mol. The van der Waals surface area contributed by atoms with Crippen molar-refractivity contribution in [2.45, 2.75) is 58.1 Å². The quantitative estimate of drug-likeness (QED) is 0.488. The van der Waals surface area contributed by atoms with Crippen molar-refractivity contribution >= 4 is 18.0 Å². The molecule has 0 spiro atoms. The Bertz CT molecular complexity index is 838. The third kappa shape index (κ3) is 3.75. The highest BCUT2D eigenvalue weighted by Crippen LogP contribution is 2.63. The number of allylic oxidation sites excluding steroid dienone is 1. The molecule has 0 radical (unpaired) electrons. The van der Waals surface area contributed by atoms with Crippen LogP contribution in [0.15, 0.2) is 23.8 Å². The lowest BCUT2D eigenvalue weighted by Crippen LogP contribution is -2.61. The molecule has 8 heteroatoms. The van der Waals surface area contributed by atoms with Crippen LogP contribution in [0.4, 0.5) is 4.79 Å². The SMILES string of the molecule is C=C1CCC2[C@@](C)(CC[C@H]3OC(=O)OC[C@@]23C)C1CC(NCC(N)=O)C1=CCOC1=O. The Balaban J connectivity index is 1.62. The molecule has 31 heavy (non-hydrogen) atoms. The van der Waals surface area contributed by atoms with Gasteiger partial charge in [-0.1, -0.05) is 26.0 Å². The van der Waals surface area contributed by atoms with Gasteiger partial charge >= 0.3 is 12.1 Å². The number of amides is 1. The Morgan fingerprint density at radius 2 is 2.06 bits per heavy atom. The number of nitrogens with two attached hydrogens (primary N) is 1. The molecule has 3 fully saturated rings. The minimum absolute atomic E-state index is 0.0157. The minimum atomic E-state index is -0.578. The first-order valence-corrected chi connectivity index (χ1v) is 11.0. The molecule has 1 amide bonds. The fourth-order valence-electron chi connectivity index (χ4n) is 6.60. The summed E-state index contributed by atoms with van der Waals surface area (Å²) in [5, 5.41) is 3.16. The molecule has 6 atom stereocenters. The number of primary amides is 1. The van der Waals surface area contributed by atoms with Gasteiger partial charge in [0, 0.05) is 11.5 Å². The smallest absolute Gasteiger partial charge is 0.458 e. The number of rotatable bonds is 6. The third-order valence-corrected chi connectivity index (χ3v) is 8.18. The first-order chi connectivity index (χ1) is 14.6. The average Bonchev–Trinajstić information content (AvgIpc) is 3.13.